The minimum absolute atomic E-state index is 0.0985. The average Bonchev–Trinajstić information content (AvgIpc) is 3.17. The van der Waals surface area contributed by atoms with Crippen molar-refractivity contribution < 1.29 is 4.79 Å². The number of anilines is 1. The number of rotatable bonds is 3. The van der Waals surface area contributed by atoms with Crippen molar-refractivity contribution in [1.82, 2.24) is 10.3 Å². The highest BCUT2D eigenvalue weighted by molar-refractivity contribution is 6.03. The molecule has 5 rings (SSSR count). The number of carbonyl (C=O) groups excluding carboxylic acids is 1. The van der Waals surface area contributed by atoms with Crippen LogP contribution >= 0.6 is 0 Å². The summed E-state index contributed by atoms with van der Waals surface area (Å²) in [7, 11) is 0. The number of amides is 1. The van der Waals surface area contributed by atoms with E-state index in [1.807, 2.05) is 18.2 Å². The maximum atomic E-state index is 12.3. The molecule has 126 valence electrons. The molecule has 0 spiro atoms. The average molecular weight is 331 g/mol. The zero-order chi connectivity index (χ0) is 16.8. The highest BCUT2D eigenvalue weighted by Crippen LogP contribution is 2.36. The lowest BCUT2D eigenvalue weighted by Gasteiger charge is -2.25. The Balaban J connectivity index is 1.41. The van der Waals surface area contributed by atoms with Crippen LogP contribution in [-0.4, -0.2) is 17.4 Å². The number of nitrogens with one attached hydrogen (secondary N) is 3. The van der Waals surface area contributed by atoms with Crippen molar-refractivity contribution in [2.45, 2.75) is 31.2 Å². The lowest BCUT2D eigenvalue weighted by molar-refractivity contribution is -0.117. The van der Waals surface area contributed by atoms with Gasteiger partial charge >= 0.3 is 0 Å². The molecule has 0 fully saturated rings. The van der Waals surface area contributed by atoms with Gasteiger partial charge in [0, 0.05) is 34.9 Å². The van der Waals surface area contributed by atoms with Gasteiger partial charge in [-0.1, -0.05) is 36.4 Å². The van der Waals surface area contributed by atoms with Gasteiger partial charge in [0.25, 0.3) is 0 Å². The molecule has 2 unspecified atom stereocenters. The van der Waals surface area contributed by atoms with Crippen LogP contribution in [0.3, 0.4) is 0 Å². The molecule has 3 N–H and O–H groups in total. The molecular formula is C21H21N3O. The van der Waals surface area contributed by atoms with Crippen LogP contribution in [0.25, 0.3) is 10.9 Å². The SMILES string of the molecule is O=C1Nc2ccccc2C1CNC1CCCc2c1[nH]c1ccccc21. The molecule has 2 aromatic carbocycles. The van der Waals surface area contributed by atoms with Crippen LogP contribution in [0.2, 0.25) is 0 Å². The molecule has 1 aliphatic heterocycles. The van der Waals surface area contributed by atoms with Gasteiger partial charge in [0.2, 0.25) is 5.91 Å². The monoisotopic (exact) mass is 331 g/mol. The minimum Gasteiger partial charge on any atom is -0.357 e. The van der Waals surface area contributed by atoms with Gasteiger partial charge in [-0.2, -0.15) is 0 Å². The van der Waals surface area contributed by atoms with Gasteiger partial charge in [0.1, 0.15) is 0 Å². The number of H-pyrrole nitrogens is 1. The maximum Gasteiger partial charge on any atom is 0.233 e. The summed E-state index contributed by atoms with van der Waals surface area (Å²) in [6, 6.07) is 16.8. The molecule has 0 saturated heterocycles. The Hall–Kier alpha value is -2.59. The van der Waals surface area contributed by atoms with Crippen LogP contribution in [0.4, 0.5) is 5.69 Å². The molecule has 0 bridgehead atoms. The molecular weight excluding hydrogens is 310 g/mol. The number of carbonyl (C=O) groups is 1. The lowest BCUT2D eigenvalue weighted by atomic mass is 9.91. The van der Waals surface area contributed by atoms with Crippen LogP contribution in [0, 0.1) is 0 Å². The van der Waals surface area contributed by atoms with E-state index in [1.165, 1.54) is 28.6 Å². The first-order chi connectivity index (χ1) is 12.3. The largest absolute Gasteiger partial charge is 0.357 e. The summed E-state index contributed by atoms with van der Waals surface area (Å²) in [6.45, 7) is 0.669. The van der Waals surface area contributed by atoms with Crippen LogP contribution in [0.15, 0.2) is 48.5 Å². The third kappa shape index (κ3) is 2.36. The summed E-state index contributed by atoms with van der Waals surface area (Å²) in [5, 5.41) is 7.99. The van der Waals surface area contributed by atoms with Gasteiger partial charge in [-0.25, -0.2) is 0 Å². The van der Waals surface area contributed by atoms with Gasteiger partial charge in [0.05, 0.1) is 5.92 Å². The number of aromatic amines is 1. The lowest BCUT2D eigenvalue weighted by Crippen LogP contribution is -2.31. The summed E-state index contributed by atoms with van der Waals surface area (Å²) in [5.74, 6) is -0.00710. The van der Waals surface area contributed by atoms with E-state index < -0.39 is 0 Å². The first-order valence-corrected chi connectivity index (χ1v) is 9.04. The van der Waals surface area contributed by atoms with Crippen molar-refractivity contribution in [3.63, 3.8) is 0 Å². The van der Waals surface area contributed by atoms with Crippen molar-refractivity contribution in [3.05, 3.63) is 65.4 Å². The second-order valence-electron chi connectivity index (χ2n) is 7.04. The van der Waals surface area contributed by atoms with Crippen molar-refractivity contribution in [3.8, 4) is 0 Å². The first-order valence-electron chi connectivity index (χ1n) is 9.04. The van der Waals surface area contributed by atoms with E-state index in [0.717, 1.165) is 24.1 Å². The van der Waals surface area contributed by atoms with Crippen LogP contribution in [0.1, 0.15) is 41.6 Å². The van der Waals surface area contributed by atoms with Crippen molar-refractivity contribution in [2.75, 3.05) is 11.9 Å². The summed E-state index contributed by atoms with van der Waals surface area (Å²) in [6.07, 6.45) is 3.42. The number of aromatic nitrogens is 1. The van der Waals surface area contributed by atoms with E-state index in [0.29, 0.717) is 6.54 Å². The van der Waals surface area contributed by atoms with Crippen LogP contribution in [0.5, 0.6) is 0 Å². The zero-order valence-electron chi connectivity index (χ0n) is 14.0. The van der Waals surface area contributed by atoms with E-state index in [1.54, 1.807) is 0 Å². The Bertz CT molecular complexity index is 959. The minimum atomic E-state index is -0.106. The molecule has 3 aromatic rings. The van der Waals surface area contributed by atoms with Gasteiger partial charge in [-0.3, -0.25) is 4.79 Å². The predicted molar refractivity (Wildman–Crippen MR) is 99.8 cm³/mol. The summed E-state index contributed by atoms with van der Waals surface area (Å²) in [4.78, 5) is 15.9. The molecule has 1 aromatic heterocycles. The fourth-order valence-electron chi connectivity index (χ4n) is 4.36. The molecule has 1 amide bonds. The highest BCUT2D eigenvalue weighted by atomic mass is 16.2. The normalized spacial score (nSPS) is 21.8. The summed E-state index contributed by atoms with van der Waals surface area (Å²) < 4.78 is 0. The van der Waals surface area contributed by atoms with Gasteiger partial charge in [-0.05, 0) is 42.5 Å². The molecule has 4 nitrogen and oxygen atoms in total. The Morgan fingerprint density at radius 2 is 1.92 bits per heavy atom. The molecule has 25 heavy (non-hydrogen) atoms. The summed E-state index contributed by atoms with van der Waals surface area (Å²) >= 11 is 0. The molecule has 2 atom stereocenters. The first kappa shape index (κ1) is 14.7. The predicted octanol–water partition coefficient (Wildman–Crippen LogP) is 3.87. The number of para-hydroxylation sites is 2. The van der Waals surface area contributed by atoms with E-state index in [2.05, 4.69) is 45.9 Å². The van der Waals surface area contributed by atoms with E-state index in [4.69, 9.17) is 0 Å². The van der Waals surface area contributed by atoms with E-state index >= 15 is 0 Å². The standard InChI is InChI=1S/C21H21N3O/c25-21-16(14-7-2-4-10-18(14)24-21)12-22-19-11-5-8-15-13-6-1-3-9-17(13)23-20(15)19/h1-4,6-7,9-10,16,19,22-23H,5,8,11-12H2,(H,24,25). The van der Waals surface area contributed by atoms with Crippen molar-refractivity contribution >= 4 is 22.5 Å². The fourth-order valence-corrected chi connectivity index (χ4v) is 4.36. The molecule has 0 saturated carbocycles. The van der Waals surface area contributed by atoms with Gasteiger partial charge in [-0.15, -0.1) is 0 Å². The quantitative estimate of drug-likeness (QED) is 0.682. The van der Waals surface area contributed by atoms with E-state index in [9.17, 15) is 4.79 Å². The van der Waals surface area contributed by atoms with Gasteiger partial charge in [0.15, 0.2) is 0 Å². The molecule has 1 aliphatic carbocycles. The smallest absolute Gasteiger partial charge is 0.233 e. The van der Waals surface area contributed by atoms with Crippen molar-refractivity contribution in [1.29, 1.82) is 0 Å². The topological polar surface area (TPSA) is 56.9 Å². The number of hydrogen-bond donors (Lipinski definition) is 3. The van der Waals surface area contributed by atoms with Crippen LogP contribution in [-0.2, 0) is 11.2 Å². The number of aryl methyl sites for hydroxylation is 1. The molecule has 0 radical (unpaired) electrons. The maximum absolute atomic E-state index is 12.3. The molecule has 4 heteroatoms. The molecule has 2 heterocycles. The van der Waals surface area contributed by atoms with Crippen LogP contribution < -0.4 is 10.6 Å². The van der Waals surface area contributed by atoms with E-state index in [-0.39, 0.29) is 17.9 Å². The van der Waals surface area contributed by atoms with Gasteiger partial charge < -0.3 is 15.6 Å². The third-order valence-corrected chi connectivity index (χ3v) is 5.59. The number of fused-ring (bicyclic) bond motifs is 4. The highest BCUT2D eigenvalue weighted by Gasteiger charge is 2.31. The second kappa shape index (κ2) is 5.74. The Kier molecular flexibility index (Phi) is 3.38. The zero-order valence-corrected chi connectivity index (χ0v) is 14.0. The number of benzene rings is 2. The third-order valence-electron chi connectivity index (χ3n) is 5.59. The molecule has 2 aliphatic rings. The Morgan fingerprint density at radius 3 is 2.88 bits per heavy atom. The number of hydrogen-bond acceptors (Lipinski definition) is 2. The van der Waals surface area contributed by atoms with Crippen molar-refractivity contribution in [2.24, 2.45) is 0 Å². The Labute approximate surface area is 146 Å². The fraction of sp³-hybridized carbons (Fsp3) is 0.286. The summed E-state index contributed by atoms with van der Waals surface area (Å²) in [5.41, 5.74) is 6.02. The Morgan fingerprint density at radius 1 is 1.08 bits per heavy atom. The second-order valence-corrected chi connectivity index (χ2v) is 7.04.